The number of piperidine rings is 1. The van der Waals surface area contributed by atoms with Gasteiger partial charge in [0.1, 0.15) is 5.75 Å². The molecule has 32 heavy (non-hydrogen) atoms. The highest BCUT2D eigenvalue weighted by molar-refractivity contribution is 5.76. The van der Waals surface area contributed by atoms with Gasteiger partial charge in [-0.1, -0.05) is 31.5 Å². The summed E-state index contributed by atoms with van der Waals surface area (Å²) < 4.78 is 1.53. The number of nitrogens with one attached hydrogen (secondary N) is 1. The lowest BCUT2D eigenvalue weighted by Gasteiger charge is -2.35. The smallest absolute Gasteiger partial charge is 0.277 e. The molecule has 0 saturated carbocycles. The molecule has 3 aromatic rings. The number of para-hydroxylation sites is 1. The van der Waals surface area contributed by atoms with Crippen molar-refractivity contribution in [3.63, 3.8) is 0 Å². The highest BCUT2D eigenvalue weighted by Crippen LogP contribution is 2.33. The average Bonchev–Trinajstić information content (AvgIpc) is 3.24. The number of carbonyl (C=O) groups excluding carboxylic acids is 1. The van der Waals surface area contributed by atoms with Gasteiger partial charge in [-0.05, 0) is 25.5 Å². The molecule has 0 unspecified atom stereocenters. The number of carbonyl (C=O) groups is 1. The standard InChI is InChI=1S/C24H29N5O3/c1-2-23(31)28-12-10-18-17(15-28)24(32)29-22(25-18)13-19(26-29)20-8-5-6-11-27(20)14-16-7-3-4-9-21(16)30/h3-4,7,9,13,20,26,30H,2,5-6,8,10-12,14-15H2,1H3/t20-/m1/s1. The second kappa shape index (κ2) is 8.43. The first kappa shape index (κ1) is 20.8. The predicted molar refractivity (Wildman–Crippen MR) is 120 cm³/mol. The lowest BCUT2D eigenvalue weighted by atomic mass is 9.98. The van der Waals surface area contributed by atoms with Crippen LogP contribution in [0.2, 0.25) is 0 Å². The number of likely N-dealkylation sites (tertiary alicyclic amines) is 1. The minimum Gasteiger partial charge on any atom is -0.508 e. The summed E-state index contributed by atoms with van der Waals surface area (Å²) in [6.45, 7) is 4.36. The van der Waals surface area contributed by atoms with Crippen LogP contribution in [0.3, 0.4) is 0 Å². The first-order valence-electron chi connectivity index (χ1n) is 11.5. The number of hydrogen-bond acceptors (Lipinski definition) is 5. The Bertz CT molecular complexity index is 1210. The molecule has 0 bridgehead atoms. The summed E-state index contributed by atoms with van der Waals surface area (Å²) in [4.78, 5) is 34.3. The van der Waals surface area contributed by atoms with Crippen LogP contribution in [0.4, 0.5) is 0 Å². The average molecular weight is 436 g/mol. The van der Waals surface area contributed by atoms with Crippen molar-refractivity contribution in [2.75, 3.05) is 13.1 Å². The van der Waals surface area contributed by atoms with Gasteiger partial charge in [-0.2, -0.15) is 0 Å². The molecule has 2 N–H and O–H groups in total. The van der Waals surface area contributed by atoms with E-state index in [1.165, 1.54) is 4.52 Å². The van der Waals surface area contributed by atoms with E-state index in [1.807, 2.05) is 31.2 Å². The van der Waals surface area contributed by atoms with Crippen molar-refractivity contribution < 1.29 is 9.90 Å². The van der Waals surface area contributed by atoms with Gasteiger partial charge in [0.05, 0.1) is 29.5 Å². The van der Waals surface area contributed by atoms with Crippen molar-refractivity contribution in [1.82, 2.24) is 24.4 Å². The van der Waals surface area contributed by atoms with E-state index in [1.54, 1.807) is 11.0 Å². The predicted octanol–water partition coefficient (Wildman–Crippen LogP) is 2.75. The first-order valence-corrected chi connectivity index (χ1v) is 11.5. The zero-order valence-corrected chi connectivity index (χ0v) is 18.4. The number of nitrogens with zero attached hydrogens (tertiary/aromatic N) is 4. The Labute approximate surface area is 186 Å². The van der Waals surface area contributed by atoms with Gasteiger partial charge in [-0.15, -0.1) is 0 Å². The molecule has 4 heterocycles. The number of hydrogen-bond donors (Lipinski definition) is 2. The number of amides is 1. The van der Waals surface area contributed by atoms with E-state index in [4.69, 9.17) is 4.98 Å². The third-order valence-corrected chi connectivity index (χ3v) is 6.77. The summed E-state index contributed by atoms with van der Waals surface area (Å²) in [5.41, 5.74) is 3.80. The molecule has 1 amide bonds. The molecule has 8 nitrogen and oxygen atoms in total. The van der Waals surface area contributed by atoms with Crippen LogP contribution in [-0.2, 0) is 24.3 Å². The number of rotatable bonds is 4. The Morgan fingerprint density at radius 2 is 2.09 bits per heavy atom. The molecular formula is C24H29N5O3. The van der Waals surface area contributed by atoms with Crippen molar-refractivity contribution in [3.8, 4) is 5.75 Å². The number of aromatic amines is 1. The topological polar surface area (TPSA) is 93.9 Å². The number of H-pyrrole nitrogens is 1. The molecule has 0 aliphatic carbocycles. The second-order valence-corrected chi connectivity index (χ2v) is 8.78. The van der Waals surface area contributed by atoms with Crippen LogP contribution in [0.25, 0.3) is 5.65 Å². The summed E-state index contributed by atoms with van der Waals surface area (Å²) in [5.74, 6) is 0.375. The summed E-state index contributed by atoms with van der Waals surface area (Å²) in [6, 6.07) is 9.56. The molecule has 2 aliphatic heterocycles. The molecule has 1 fully saturated rings. The lowest BCUT2D eigenvalue weighted by molar-refractivity contribution is -0.131. The molecular weight excluding hydrogens is 406 g/mol. The third-order valence-electron chi connectivity index (χ3n) is 6.77. The van der Waals surface area contributed by atoms with Crippen molar-refractivity contribution in [1.29, 1.82) is 0 Å². The molecule has 0 spiro atoms. The van der Waals surface area contributed by atoms with Crippen LogP contribution < -0.4 is 5.56 Å². The second-order valence-electron chi connectivity index (χ2n) is 8.78. The molecule has 1 atom stereocenters. The summed E-state index contributed by atoms with van der Waals surface area (Å²) in [5, 5.41) is 13.5. The minimum absolute atomic E-state index is 0.0642. The number of benzene rings is 1. The Morgan fingerprint density at radius 1 is 1.25 bits per heavy atom. The number of phenolic OH excluding ortho intramolecular Hbond substituents is 1. The van der Waals surface area contributed by atoms with Crippen molar-refractivity contribution in [2.24, 2.45) is 0 Å². The van der Waals surface area contributed by atoms with Crippen LogP contribution in [0.15, 0.2) is 35.1 Å². The molecule has 1 saturated heterocycles. The number of aromatic hydroxyl groups is 1. The van der Waals surface area contributed by atoms with Crippen molar-refractivity contribution in [3.05, 3.63) is 63.2 Å². The van der Waals surface area contributed by atoms with Crippen molar-refractivity contribution in [2.45, 2.75) is 58.2 Å². The van der Waals surface area contributed by atoms with Crippen LogP contribution in [0, 0.1) is 0 Å². The van der Waals surface area contributed by atoms with Gasteiger partial charge in [0, 0.05) is 37.6 Å². The monoisotopic (exact) mass is 435 g/mol. The van der Waals surface area contributed by atoms with Gasteiger partial charge in [0.25, 0.3) is 5.56 Å². The van der Waals surface area contributed by atoms with E-state index in [9.17, 15) is 14.7 Å². The summed E-state index contributed by atoms with van der Waals surface area (Å²) in [6.07, 6.45) is 4.25. The van der Waals surface area contributed by atoms with E-state index in [0.717, 1.165) is 42.8 Å². The van der Waals surface area contributed by atoms with Gasteiger partial charge in [0.15, 0.2) is 5.65 Å². The van der Waals surface area contributed by atoms with Crippen LogP contribution >= 0.6 is 0 Å². The van der Waals surface area contributed by atoms with Crippen LogP contribution in [0.5, 0.6) is 5.75 Å². The molecule has 1 aromatic carbocycles. The van der Waals surface area contributed by atoms with E-state index < -0.39 is 0 Å². The van der Waals surface area contributed by atoms with Gasteiger partial charge in [-0.25, -0.2) is 9.50 Å². The molecule has 168 valence electrons. The molecule has 5 rings (SSSR count). The van der Waals surface area contributed by atoms with Crippen LogP contribution in [0.1, 0.15) is 61.2 Å². The SMILES string of the molecule is CCC(=O)N1CCc2nc3cc([C@H]4CCCCN4Cc4ccccc4O)[nH]n3c(=O)c2C1. The van der Waals surface area contributed by atoms with E-state index >= 15 is 0 Å². The van der Waals surface area contributed by atoms with E-state index in [-0.39, 0.29) is 17.5 Å². The number of fused-ring (bicyclic) bond motifs is 2. The first-order chi connectivity index (χ1) is 15.5. The third kappa shape index (κ3) is 3.68. The van der Waals surface area contributed by atoms with Gasteiger partial charge >= 0.3 is 0 Å². The summed E-state index contributed by atoms with van der Waals surface area (Å²) >= 11 is 0. The van der Waals surface area contributed by atoms with Crippen LogP contribution in [-0.4, -0.2) is 48.5 Å². The zero-order valence-electron chi connectivity index (χ0n) is 18.4. The maximum Gasteiger partial charge on any atom is 0.277 e. The van der Waals surface area contributed by atoms with Gasteiger partial charge < -0.3 is 10.0 Å². The Balaban J connectivity index is 1.47. The fraction of sp³-hybridized carbons (Fsp3) is 0.458. The molecule has 8 heteroatoms. The fourth-order valence-corrected chi connectivity index (χ4v) is 5.00. The molecule has 0 radical (unpaired) electrons. The highest BCUT2D eigenvalue weighted by atomic mass is 16.3. The Kier molecular flexibility index (Phi) is 5.46. The van der Waals surface area contributed by atoms with E-state index in [2.05, 4.69) is 10.00 Å². The highest BCUT2D eigenvalue weighted by Gasteiger charge is 2.28. The number of phenols is 1. The summed E-state index contributed by atoms with van der Waals surface area (Å²) in [7, 11) is 0. The fourth-order valence-electron chi connectivity index (χ4n) is 5.00. The molecule has 2 aromatic heterocycles. The normalized spacial score (nSPS) is 19.3. The van der Waals surface area contributed by atoms with Crippen molar-refractivity contribution >= 4 is 11.6 Å². The quantitative estimate of drug-likeness (QED) is 0.657. The zero-order chi connectivity index (χ0) is 22.2. The van der Waals surface area contributed by atoms with Gasteiger partial charge in [-0.3, -0.25) is 19.6 Å². The Morgan fingerprint density at radius 3 is 2.91 bits per heavy atom. The maximum atomic E-state index is 13.2. The molecule has 2 aliphatic rings. The largest absolute Gasteiger partial charge is 0.508 e. The Hall–Kier alpha value is -3.13. The van der Waals surface area contributed by atoms with Gasteiger partial charge in [0.2, 0.25) is 5.91 Å². The maximum absolute atomic E-state index is 13.2. The minimum atomic E-state index is -0.118. The van der Waals surface area contributed by atoms with E-state index in [0.29, 0.717) is 49.4 Å². The number of aromatic nitrogens is 3. The lowest BCUT2D eigenvalue weighted by Crippen LogP contribution is -2.40.